The first-order chi connectivity index (χ1) is 14.9. The van der Waals surface area contributed by atoms with Crippen LogP contribution in [0.5, 0.6) is 11.5 Å². The van der Waals surface area contributed by atoms with Gasteiger partial charge in [0.2, 0.25) is 6.75 Å². The highest BCUT2D eigenvalue weighted by Gasteiger charge is 2.19. The van der Waals surface area contributed by atoms with Gasteiger partial charge in [-0.15, -0.1) is 0 Å². The summed E-state index contributed by atoms with van der Waals surface area (Å²) in [7, 11) is 0. The van der Waals surface area contributed by atoms with E-state index in [0.29, 0.717) is 0 Å². The van der Waals surface area contributed by atoms with Gasteiger partial charge in [-0.1, -0.05) is 38.7 Å². The summed E-state index contributed by atoms with van der Waals surface area (Å²) in [6.07, 6.45) is -4.34. The number of hydrogen-bond donors (Lipinski definition) is 1. The maximum Gasteiger partial charge on any atom is 0.231 e. The van der Waals surface area contributed by atoms with Crippen LogP contribution in [-0.4, -0.2) is 17.9 Å². The summed E-state index contributed by atoms with van der Waals surface area (Å²) in [5, 5.41) is 10.8. The molecule has 1 aliphatic rings. The van der Waals surface area contributed by atoms with Crippen LogP contribution < -0.4 is 9.47 Å². The normalized spacial score (nSPS) is 39.2. The Balaban J connectivity index is 2.96. The number of hydrogen-bond acceptors (Lipinski definition) is 3. The van der Waals surface area contributed by atoms with Crippen molar-refractivity contribution >= 4 is 6.05 Å². The van der Waals surface area contributed by atoms with Crippen molar-refractivity contribution in [3.8, 4) is 11.5 Å². The van der Waals surface area contributed by atoms with Gasteiger partial charge < -0.3 is 14.6 Å². The van der Waals surface area contributed by atoms with E-state index in [0.717, 1.165) is 0 Å². The van der Waals surface area contributed by atoms with Gasteiger partial charge >= 0.3 is 0 Å². The summed E-state index contributed by atoms with van der Waals surface area (Å²) in [5.41, 5.74) is -5.37. The molecule has 1 aliphatic heterocycles. The smallest absolute Gasteiger partial charge is 0.231 e. The Labute approximate surface area is 126 Å². The van der Waals surface area contributed by atoms with E-state index in [1.165, 1.54) is 0 Å². The second-order valence-corrected chi connectivity index (χ2v) is 3.04. The zero-order valence-corrected chi connectivity index (χ0v) is 8.26. The summed E-state index contributed by atoms with van der Waals surface area (Å²) in [5.74, 6) is -1.49. The van der Waals surface area contributed by atoms with Crippen LogP contribution in [0.25, 0.3) is 6.05 Å². The van der Waals surface area contributed by atoms with E-state index < -0.39 is 86.1 Å². The standard InChI is InChI=1S/C14H18O3/c1-14(2,3)13(15)7-5-10-4-6-11-12(8-10)17-9-16-11/h4-8,13,15H,9H2,1-3H3/b7-5+/i1D3,2D3,3D3,4D,5D,6D,7D,8D,9D2,13D. The minimum Gasteiger partial charge on any atom is -0.454 e. The van der Waals surface area contributed by atoms with Gasteiger partial charge in [0.1, 0.15) is 2.74 Å². The fourth-order valence-corrected chi connectivity index (χ4v) is 0.903. The van der Waals surface area contributed by atoms with Gasteiger partial charge in [0.25, 0.3) is 0 Å². The Hall–Kier alpha value is -1.48. The topological polar surface area (TPSA) is 38.7 Å². The van der Waals surface area contributed by atoms with Gasteiger partial charge in [0.05, 0.1) is 14.3 Å². The fourth-order valence-electron chi connectivity index (χ4n) is 0.903. The molecule has 3 nitrogen and oxygen atoms in total. The molecule has 17 heavy (non-hydrogen) atoms. The predicted molar refractivity (Wildman–Crippen MR) is 67.1 cm³/mol. The molecule has 1 aromatic rings. The molecule has 0 bridgehead atoms. The van der Waals surface area contributed by atoms with E-state index in [2.05, 4.69) is 4.74 Å². The van der Waals surface area contributed by atoms with Crippen LogP contribution in [-0.2, 0) is 0 Å². The van der Waals surface area contributed by atoms with Gasteiger partial charge in [-0.3, -0.25) is 0 Å². The Morgan fingerprint density at radius 3 is 3.12 bits per heavy atom. The molecular weight excluding hydrogens is 216 g/mol. The first-order valence-corrected chi connectivity index (χ1v) is 4.29. The molecule has 1 heterocycles. The molecular formula is C14H18O3. The number of benzene rings is 1. The van der Waals surface area contributed by atoms with Crippen LogP contribution in [0.4, 0.5) is 0 Å². The average molecular weight is 251 g/mol. The van der Waals surface area contributed by atoms with Crippen molar-refractivity contribution < 1.29 is 37.9 Å². The third-order valence-corrected chi connectivity index (χ3v) is 1.69. The van der Waals surface area contributed by atoms with Crippen molar-refractivity contribution in [1.29, 1.82) is 0 Å². The predicted octanol–water partition coefficient (Wildman–Crippen LogP) is 2.84. The lowest BCUT2D eigenvalue weighted by atomic mass is 9.89. The van der Waals surface area contributed by atoms with E-state index in [1.54, 1.807) is 0 Å². The van der Waals surface area contributed by atoms with Crippen LogP contribution in [0, 0.1) is 5.41 Å². The lowest BCUT2D eigenvalue weighted by Crippen LogP contribution is -2.23. The van der Waals surface area contributed by atoms with Crippen molar-refractivity contribution in [1.82, 2.24) is 0 Å². The molecule has 0 saturated heterocycles. The van der Waals surface area contributed by atoms with E-state index in [4.69, 9.17) is 28.0 Å². The first kappa shape index (κ1) is 2.91. The zero-order valence-electron chi connectivity index (χ0n) is 25.3. The van der Waals surface area contributed by atoms with Crippen molar-refractivity contribution in [2.24, 2.45) is 5.41 Å². The first-order valence-electron chi connectivity index (χ1n) is 12.8. The molecule has 1 atom stereocenters. The SMILES string of the molecule is [2H]/C(=C(/[2H])C([2H])(O)C(C([2H])([2H])[2H])(C([2H])([2H])[2H])C([2H])([2H])[2H])c1c([2H])c([2H])c2c(c1[2H])OC([2H])([2H])O2. The Bertz CT molecular complexity index is 994. The van der Waals surface area contributed by atoms with Crippen LogP contribution >= 0.6 is 0 Å². The van der Waals surface area contributed by atoms with Crippen LogP contribution in [0.3, 0.4) is 0 Å². The Kier molecular flexibility index (Phi) is 0.756. The largest absolute Gasteiger partial charge is 0.454 e. The van der Waals surface area contributed by atoms with E-state index in [-0.39, 0.29) is 0 Å². The molecule has 0 radical (unpaired) electrons. The van der Waals surface area contributed by atoms with Gasteiger partial charge in [-0.25, -0.2) is 0 Å². The van der Waals surface area contributed by atoms with Gasteiger partial charge in [0.15, 0.2) is 11.5 Å². The molecule has 1 N–H and O–H groups in total. The molecule has 1 aromatic carbocycles. The maximum atomic E-state index is 10.8. The summed E-state index contributed by atoms with van der Waals surface area (Å²) < 4.78 is 141. The molecule has 0 fully saturated rings. The van der Waals surface area contributed by atoms with Crippen LogP contribution in [0.1, 0.15) is 49.4 Å². The Morgan fingerprint density at radius 2 is 2.35 bits per heavy atom. The molecule has 92 valence electrons. The average Bonchev–Trinajstić information content (AvgIpc) is 2.91. The van der Waals surface area contributed by atoms with Crippen LogP contribution in [0.2, 0.25) is 0 Å². The third kappa shape index (κ3) is 2.80. The van der Waals surface area contributed by atoms with Gasteiger partial charge in [-0.2, -0.15) is 0 Å². The molecule has 3 heteroatoms. The van der Waals surface area contributed by atoms with Crippen molar-refractivity contribution in [3.63, 3.8) is 0 Å². The Morgan fingerprint density at radius 1 is 1.59 bits per heavy atom. The molecule has 0 aromatic heterocycles. The fraction of sp³-hybridized carbons (Fsp3) is 0.429. The summed E-state index contributed by atoms with van der Waals surface area (Å²) >= 11 is 0. The van der Waals surface area contributed by atoms with Gasteiger partial charge in [-0.05, 0) is 23.1 Å². The van der Waals surface area contributed by atoms with E-state index in [1.807, 2.05) is 0 Å². The lowest BCUT2D eigenvalue weighted by Gasteiger charge is -2.22. The minimum absolute atomic E-state index is 0.703. The minimum atomic E-state index is -4.34. The van der Waals surface area contributed by atoms with Crippen molar-refractivity contribution in [2.45, 2.75) is 26.6 Å². The number of ether oxygens (including phenoxy) is 2. The molecule has 0 amide bonds. The highest BCUT2D eigenvalue weighted by atomic mass is 16.7. The number of rotatable bonds is 2. The van der Waals surface area contributed by atoms with Gasteiger partial charge in [0, 0.05) is 12.3 Å². The summed E-state index contributed by atoms with van der Waals surface area (Å²) in [4.78, 5) is 0. The highest BCUT2D eigenvalue weighted by molar-refractivity contribution is 5.56. The van der Waals surface area contributed by atoms with E-state index >= 15 is 0 Å². The lowest BCUT2D eigenvalue weighted by molar-refractivity contribution is 0.106. The monoisotopic (exact) mass is 251 g/mol. The third-order valence-electron chi connectivity index (χ3n) is 1.69. The van der Waals surface area contributed by atoms with Crippen molar-refractivity contribution in [3.05, 3.63) is 29.7 Å². The molecule has 1 unspecified atom stereocenters. The summed E-state index contributed by atoms with van der Waals surface area (Å²) in [6.45, 7) is -15.2. The highest BCUT2D eigenvalue weighted by Crippen LogP contribution is 2.33. The summed E-state index contributed by atoms with van der Waals surface area (Å²) in [6, 6.07) is -6.48. The number of fused-ring (bicyclic) bond motifs is 1. The van der Waals surface area contributed by atoms with Crippen molar-refractivity contribution in [2.75, 3.05) is 6.75 Å². The second kappa shape index (κ2) is 4.41. The molecule has 2 rings (SSSR count). The molecule has 0 spiro atoms. The van der Waals surface area contributed by atoms with E-state index in [9.17, 15) is 5.11 Å². The zero-order chi connectivity index (χ0) is 27.0. The molecule has 0 aliphatic carbocycles. The van der Waals surface area contributed by atoms with Crippen LogP contribution in [0.15, 0.2) is 24.2 Å². The molecule has 0 saturated carbocycles. The quantitative estimate of drug-likeness (QED) is 0.878. The second-order valence-electron chi connectivity index (χ2n) is 3.04. The maximum absolute atomic E-state index is 10.8. The number of aliphatic hydroxyl groups is 1.